The predicted molar refractivity (Wildman–Crippen MR) is 227 cm³/mol. The van der Waals surface area contributed by atoms with E-state index in [9.17, 15) is 20.4 Å². The molecule has 0 saturated carbocycles. The summed E-state index contributed by atoms with van der Waals surface area (Å²) in [5.41, 5.74) is 26.7. The summed E-state index contributed by atoms with van der Waals surface area (Å²) in [6.07, 6.45) is 7.37. The van der Waals surface area contributed by atoms with E-state index in [2.05, 4.69) is 22.9 Å². The third kappa shape index (κ3) is 7.37. The van der Waals surface area contributed by atoms with Crippen LogP contribution in [-0.4, -0.2) is 30.4 Å². The number of fused-ring (bicyclic) bond motifs is 8. The van der Waals surface area contributed by atoms with E-state index in [0.29, 0.717) is 78.5 Å². The van der Waals surface area contributed by atoms with Crippen LogP contribution in [0.1, 0.15) is 36.6 Å². The molecule has 5 heterocycles. The Morgan fingerprint density at radius 3 is 0.949 bits per heavy atom. The Morgan fingerprint density at radius 1 is 0.373 bits per heavy atom. The summed E-state index contributed by atoms with van der Waals surface area (Å²) in [5, 5.41) is 45.4. The molecule has 0 atom stereocenters. The van der Waals surface area contributed by atoms with E-state index in [-0.39, 0.29) is 51.2 Å². The maximum atomic E-state index is 11.4. The van der Waals surface area contributed by atoms with Gasteiger partial charge in [0.25, 0.3) is 0 Å². The normalized spacial score (nSPS) is 11.6. The summed E-state index contributed by atoms with van der Waals surface area (Å²) in [5.74, 6) is -0.703. The van der Waals surface area contributed by atoms with Crippen LogP contribution in [0.15, 0.2) is 97.1 Å². The van der Waals surface area contributed by atoms with Crippen molar-refractivity contribution in [1.29, 1.82) is 0 Å². The van der Waals surface area contributed by atoms with Gasteiger partial charge in [0.15, 0.2) is 0 Å². The average Bonchev–Trinajstić information content (AvgIpc) is 4.03. The van der Waals surface area contributed by atoms with Gasteiger partial charge in [-0.25, -0.2) is 9.97 Å². The first kappa shape index (κ1) is 40.2. The van der Waals surface area contributed by atoms with Gasteiger partial charge in [0.1, 0.15) is 45.7 Å². The molecule has 294 valence electrons. The zero-order valence-corrected chi connectivity index (χ0v) is 33.4. The molecule has 7 aromatic rings. The second-order valence-corrected chi connectivity index (χ2v) is 13.8. The molecule has 0 radical (unpaired) electrons. The number of nitrogens with zero attached hydrogens (tertiary/aromatic N) is 4. The summed E-state index contributed by atoms with van der Waals surface area (Å²) >= 11 is 0. The Bertz CT molecular complexity index is 2760. The molecule has 0 unspecified atom stereocenters. The van der Waals surface area contributed by atoms with Crippen LogP contribution in [0, 0.1) is 0 Å². The molecule has 2 aliphatic heterocycles. The molecule has 3 aromatic heterocycles. The fraction of sp³-hybridized carbons (Fsp3) is 0.0435. The molecule has 12 nitrogen and oxygen atoms in total. The molecule has 59 heavy (non-hydrogen) atoms. The molecule has 0 saturated heterocycles. The number of hydrogen-bond donors (Lipinski definition) is 8. The van der Waals surface area contributed by atoms with Gasteiger partial charge in [0.2, 0.25) is 0 Å². The van der Waals surface area contributed by atoms with Gasteiger partial charge in [-0.3, -0.25) is 0 Å². The van der Waals surface area contributed by atoms with E-state index in [1.54, 1.807) is 0 Å². The maximum Gasteiger partial charge on any atom is 2.00 e. The molecule has 0 fully saturated rings. The number of rotatable bonds is 4. The molecule has 2 aliphatic rings. The Labute approximate surface area is 349 Å². The van der Waals surface area contributed by atoms with Crippen LogP contribution in [0.3, 0.4) is 0 Å². The summed E-state index contributed by atoms with van der Waals surface area (Å²) in [6.45, 7) is 4.00. The minimum atomic E-state index is -0.176. The topological polar surface area (TPSA) is 245 Å². The number of phenolic OH excluding ortho intramolecular Hbond substituents is 4. The van der Waals surface area contributed by atoms with Gasteiger partial charge in [-0.15, -0.1) is 22.1 Å². The zero-order valence-electron chi connectivity index (χ0n) is 32.3. The fourth-order valence-corrected chi connectivity index (χ4v) is 7.38. The first-order valence-electron chi connectivity index (χ1n) is 18.7. The zero-order chi connectivity index (χ0) is 40.8. The van der Waals surface area contributed by atoms with Gasteiger partial charge in [-0.2, -0.15) is 0 Å². The monoisotopic (exact) mass is 826 g/mol. The van der Waals surface area contributed by atoms with Crippen molar-refractivity contribution in [3.05, 3.63) is 120 Å². The molecule has 9 rings (SSSR count). The van der Waals surface area contributed by atoms with Crippen LogP contribution in [0.4, 0.5) is 22.7 Å². The molecular formula is C46H42FeN8O4+4. The molecule has 13 heteroatoms. The van der Waals surface area contributed by atoms with Gasteiger partial charge >= 0.3 is 17.1 Å². The van der Waals surface area contributed by atoms with E-state index in [4.69, 9.17) is 19.9 Å². The van der Waals surface area contributed by atoms with Crippen molar-refractivity contribution in [2.75, 3.05) is 0 Å². The number of quaternary nitrogens is 4. The summed E-state index contributed by atoms with van der Waals surface area (Å²) in [4.78, 5) is 20.5. The number of phenols is 4. The van der Waals surface area contributed by atoms with E-state index >= 15 is 0 Å². The van der Waals surface area contributed by atoms with Crippen LogP contribution in [0.5, 0.6) is 23.0 Å². The van der Waals surface area contributed by atoms with E-state index in [0.717, 1.165) is 22.5 Å². The van der Waals surface area contributed by atoms with Gasteiger partial charge in [0.05, 0.1) is 33.9 Å². The first-order chi connectivity index (χ1) is 28.0. The molecule has 16 N–H and O–H groups in total. The summed E-state index contributed by atoms with van der Waals surface area (Å²) in [7, 11) is 0. The number of aromatic nitrogens is 4. The first-order valence-corrected chi connectivity index (χ1v) is 18.7. The maximum absolute atomic E-state index is 11.4. The Kier molecular flexibility index (Phi) is 11.0. The van der Waals surface area contributed by atoms with E-state index in [1.807, 2.05) is 111 Å². The quantitative estimate of drug-likeness (QED) is 0.0988. The molecule has 4 aromatic carbocycles. The third-order valence-corrected chi connectivity index (χ3v) is 9.91. The molecule has 0 amide bonds. The number of benzene rings is 4. The van der Waals surface area contributed by atoms with Crippen molar-refractivity contribution in [2.45, 2.75) is 13.8 Å². The number of aromatic hydroxyl groups is 4. The van der Waals surface area contributed by atoms with E-state index in [1.165, 1.54) is 24.3 Å². The average molecular weight is 827 g/mol. The smallest absolute Gasteiger partial charge is 0.657 e. The van der Waals surface area contributed by atoms with Gasteiger partial charge in [-0.1, -0.05) is 38.1 Å². The molecular weight excluding hydrogens is 784 g/mol. The van der Waals surface area contributed by atoms with Crippen LogP contribution in [-0.2, 0) is 17.1 Å². The summed E-state index contributed by atoms with van der Waals surface area (Å²) in [6, 6.07) is 28.7. The third-order valence-electron chi connectivity index (χ3n) is 9.91. The standard InChI is InChI=1S/C44H32N8O4.C2H6.Fe/c45-23-5-1-21(2-6-23)39-27-9-13-31(49-27)41(43-35(53)17-25(47)18-36(43)54)33-15-11-29(51-33)40(22-3-7-24(46)8-4-22)30-12-16-34(52-30)42(32-14-10-28(39)50-32)44-37(55)19-26(48)20-38(44)56;1-2;/h1-20H,(H12-2,45,46,47,48,49,50,51,52,53,54,55,56);1-2H3;/q-2;;+2/p+4. The Morgan fingerprint density at radius 2 is 0.644 bits per heavy atom. The van der Waals surface area contributed by atoms with Crippen LogP contribution in [0.2, 0.25) is 0 Å². The largest absolute Gasteiger partial charge is 2.00 e. The number of hydrogen-bond acceptors (Lipinski definition) is 6. The Balaban J connectivity index is 0.00000173. The SMILES string of the molecule is CC.[Fe+2].[NH3+]c1ccc(-c2c3nc(c(-c4c(O)cc([NH3+])cc4O)c4ccc([n-]4)c(-c4ccc([NH3+])cc4)c4nc(c(-c5c(O)cc([NH3+])cc5O)c5ccc2[n-]5)C=C4)C=C3)cc1. The van der Waals surface area contributed by atoms with Crippen molar-refractivity contribution >= 4 is 69.1 Å². The van der Waals surface area contributed by atoms with Gasteiger partial charge in [0, 0.05) is 35.4 Å². The molecule has 0 aliphatic carbocycles. The van der Waals surface area contributed by atoms with Crippen LogP contribution >= 0.6 is 0 Å². The van der Waals surface area contributed by atoms with Crippen molar-refractivity contribution < 1.29 is 60.4 Å². The Hall–Kier alpha value is -6.96. The second-order valence-electron chi connectivity index (χ2n) is 13.8. The fourth-order valence-electron chi connectivity index (χ4n) is 7.38. The van der Waals surface area contributed by atoms with Gasteiger partial charge in [-0.05, 0) is 95.1 Å². The van der Waals surface area contributed by atoms with Crippen molar-refractivity contribution in [3.8, 4) is 67.5 Å². The van der Waals surface area contributed by atoms with Crippen molar-refractivity contribution in [2.24, 2.45) is 0 Å². The molecule has 8 bridgehead atoms. The van der Waals surface area contributed by atoms with E-state index < -0.39 is 0 Å². The van der Waals surface area contributed by atoms with Gasteiger partial charge < -0.3 is 53.3 Å². The van der Waals surface area contributed by atoms with Crippen molar-refractivity contribution in [1.82, 2.24) is 19.9 Å². The summed E-state index contributed by atoms with van der Waals surface area (Å²) < 4.78 is 0. The minimum absolute atomic E-state index is 0. The van der Waals surface area contributed by atoms with Crippen molar-refractivity contribution in [3.63, 3.8) is 0 Å². The van der Waals surface area contributed by atoms with Crippen LogP contribution in [0.25, 0.3) is 90.9 Å². The minimum Gasteiger partial charge on any atom is -0.657 e. The predicted octanol–water partition coefficient (Wildman–Crippen LogP) is 5.92. The second kappa shape index (κ2) is 16.1. The molecule has 0 spiro atoms. The van der Waals surface area contributed by atoms with Crippen LogP contribution < -0.4 is 32.9 Å².